The molecule has 2 N–H and O–H groups in total. The standard InChI is InChI=1S/C17H25N3O3S/c1-23-15-6-4-3-5-13(15)16(21)19-14(7-12-24-2)17(22)20-10-8-18-9-11-20/h3-6,14,18H,7-12H2,1-2H3,(H,19,21). The Bertz CT molecular complexity index is 562. The molecule has 0 spiro atoms. The Kier molecular flexibility index (Phi) is 7.39. The second-order valence-corrected chi connectivity index (χ2v) is 6.57. The molecular weight excluding hydrogens is 326 g/mol. The molecule has 1 aliphatic rings. The van der Waals surface area contributed by atoms with E-state index >= 15 is 0 Å². The maximum absolute atomic E-state index is 12.8. The highest BCUT2D eigenvalue weighted by atomic mass is 32.2. The van der Waals surface area contributed by atoms with Gasteiger partial charge in [0, 0.05) is 26.2 Å². The van der Waals surface area contributed by atoms with Gasteiger partial charge in [-0.05, 0) is 30.6 Å². The van der Waals surface area contributed by atoms with Gasteiger partial charge in [0.2, 0.25) is 5.91 Å². The lowest BCUT2D eigenvalue weighted by atomic mass is 10.1. The fourth-order valence-electron chi connectivity index (χ4n) is 2.67. The van der Waals surface area contributed by atoms with Crippen molar-refractivity contribution in [2.24, 2.45) is 0 Å². The number of thioether (sulfide) groups is 1. The topological polar surface area (TPSA) is 70.7 Å². The van der Waals surface area contributed by atoms with Gasteiger partial charge in [0.25, 0.3) is 5.91 Å². The van der Waals surface area contributed by atoms with Crippen molar-refractivity contribution in [3.05, 3.63) is 29.8 Å². The second kappa shape index (κ2) is 9.54. The Morgan fingerprint density at radius 1 is 1.33 bits per heavy atom. The number of benzene rings is 1. The number of carbonyl (C=O) groups excluding carboxylic acids is 2. The fraction of sp³-hybridized carbons (Fsp3) is 0.529. The molecule has 1 saturated heterocycles. The highest BCUT2D eigenvalue weighted by Gasteiger charge is 2.27. The number of methoxy groups -OCH3 is 1. The van der Waals surface area contributed by atoms with Crippen LogP contribution in [0.4, 0.5) is 0 Å². The van der Waals surface area contributed by atoms with Crippen molar-refractivity contribution < 1.29 is 14.3 Å². The van der Waals surface area contributed by atoms with Gasteiger partial charge in [0.05, 0.1) is 12.7 Å². The summed E-state index contributed by atoms with van der Waals surface area (Å²) in [7, 11) is 1.53. The number of hydrogen-bond acceptors (Lipinski definition) is 5. The molecule has 0 aromatic heterocycles. The van der Waals surface area contributed by atoms with Gasteiger partial charge >= 0.3 is 0 Å². The summed E-state index contributed by atoms with van der Waals surface area (Å²) in [6, 6.07) is 6.53. The number of hydrogen-bond donors (Lipinski definition) is 2. The van der Waals surface area contributed by atoms with E-state index in [2.05, 4.69) is 10.6 Å². The first-order chi connectivity index (χ1) is 11.7. The minimum absolute atomic E-state index is 0.00574. The van der Waals surface area contributed by atoms with Crippen LogP contribution in [0.3, 0.4) is 0 Å². The van der Waals surface area contributed by atoms with Crippen LogP contribution in [0, 0.1) is 0 Å². The molecule has 1 aromatic rings. The Morgan fingerprint density at radius 2 is 2.04 bits per heavy atom. The van der Waals surface area contributed by atoms with Crippen molar-refractivity contribution in [2.45, 2.75) is 12.5 Å². The van der Waals surface area contributed by atoms with Gasteiger partial charge in [-0.3, -0.25) is 9.59 Å². The van der Waals surface area contributed by atoms with Crippen molar-refractivity contribution in [3.63, 3.8) is 0 Å². The molecule has 6 nitrogen and oxygen atoms in total. The number of carbonyl (C=O) groups is 2. The summed E-state index contributed by atoms with van der Waals surface area (Å²) in [6.07, 6.45) is 2.61. The molecule has 7 heteroatoms. The molecule has 1 aliphatic heterocycles. The lowest BCUT2D eigenvalue weighted by Gasteiger charge is -2.31. The third kappa shape index (κ3) is 4.88. The Labute approximate surface area is 147 Å². The second-order valence-electron chi connectivity index (χ2n) is 5.58. The molecule has 0 saturated carbocycles. The number of piperazine rings is 1. The first-order valence-corrected chi connectivity index (χ1v) is 9.49. The van der Waals surface area contributed by atoms with Crippen molar-refractivity contribution in [1.82, 2.24) is 15.5 Å². The van der Waals surface area contributed by atoms with E-state index in [0.717, 1.165) is 18.8 Å². The van der Waals surface area contributed by atoms with Crippen molar-refractivity contribution >= 4 is 23.6 Å². The Hall–Kier alpha value is -1.73. The van der Waals surface area contributed by atoms with Crippen LogP contribution in [0.15, 0.2) is 24.3 Å². The molecule has 1 unspecified atom stereocenters. The molecular formula is C17H25N3O3S. The number of ether oxygens (including phenoxy) is 1. The van der Waals surface area contributed by atoms with Crippen molar-refractivity contribution in [2.75, 3.05) is 45.3 Å². The summed E-state index contributed by atoms with van der Waals surface area (Å²) >= 11 is 1.67. The third-order valence-electron chi connectivity index (χ3n) is 3.99. The summed E-state index contributed by atoms with van der Waals surface area (Å²) in [5.74, 6) is 1.04. The molecule has 1 fully saturated rings. The molecule has 0 bridgehead atoms. The normalized spacial score (nSPS) is 15.7. The molecule has 132 valence electrons. The summed E-state index contributed by atoms with van der Waals surface area (Å²) in [4.78, 5) is 27.2. The molecule has 24 heavy (non-hydrogen) atoms. The van der Waals surface area contributed by atoms with E-state index in [1.807, 2.05) is 17.2 Å². The van der Waals surface area contributed by atoms with E-state index in [9.17, 15) is 9.59 Å². The summed E-state index contributed by atoms with van der Waals surface area (Å²) in [6.45, 7) is 2.95. The summed E-state index contributed by atoms with van der Waals surface area (Å²) < 4.78 is 5.24. The number of rotatable bonds is 7. The summed E-state index contributed by atoms with van der Waals surface area (Å²) in [5, 5.41) is 6.13. The molecule has 1 atom stereocenters. The molecule has 1 heterocycles. The van der Waals surface area contributed by atoms with Crippen LogP contribution in [0.5, 0.6) is 5.75 Å². The quantitative estimate of drug-likeness (QED) is 0.766. The predicted octanol–water partition coefficient (Wildman–Crippen LogP) is 0.979. The molecule has 0 radical (unpaired) electrons. The number of nitrogens with zero attached hydrogens (tertiary/aromatic N) is 1. The van der Waals surface area contributed by atoms with Crippen molar-refractivity contribution in [1.29, 1.82) is 0 Å². The lowest BCUT2D eigenvalue weighted by Crippen LogP contribution is -2.54. The van der Waals surface area contributed by atoms with Gasteiger partial charge in [-0.15, -0.1) is 0 Å². The van der Waals surface area contributed by atoms with Gasteiger partial charge < -0.3 is 20.3 Å². The molecule has 2 amide bonds. The Morgan fingerprint density at radius 3 is 2.71 bits per heavy atom. The van der Waals surface area contributed by atoms with E-state index in [4.69, 9.17) is 4.74 Å². The SMILES string of the molecule is COc1ccccc1C(=O)NC(CCSC)C(=O)N1CCNCC1. The van der Waals surface area contributed by atoms with Crippen LogP contribution >= 0.6 is 11.8 Å². The van der Waals surface area contributed by atoms with Gasteiger partial charge in [-0.25, -0.2) is 0 Å². The summed E-state index contributed by atoms with van der Waals surface area (Å²) in [5.41, 5.74) is 0.447. The highest BCUT2D eigenvalue weighted by molar-refractivity contribution is 7.98. The predicted molar refractivity (Wildman–Crippen MR) is 96.7 cm³/mol. The number of para-hydroxylation sites is 1. The van der Waals surface area contributed by atoms with Crippen LogP contribution in [-0.2, 0) is 4.79 Å². The van der Waals surface area contributed by atoms with Crippen LogP contribution < -0.4 is 15.4 Å². The molecule has 2 rings (SSSR count). The molecule has 1 aromatic carbocycles. The maximum atomic E-state index is 12.8. The first kappa shape index (κ1) is 18.6. The van der Waals surface area contributed by atoms with Crippen molar-refractivity contribution in [3.8, 4) is 5.75 Å². The van der Waals surface area contributed by atoms with E-state index in [1.165, 1.54) is 7.11 Å². The van der Waals surface area contributed by atoms with Crippen LogP contribution in [0.2, 0.25) is 0 Å². The number of amides is 2. The third-order valence-corrected chi connectivity index (χ3v) is 4.64. The van der Waals surface area contributed by atoms with Gasteiger partial charge in [-0.1, -0.05) is 12.1 Å². The van der Waals surface area contributed by atoms with Gasteiger partial charge in [0.1, 0.15) is 11.8 Å². The fourth-order valence-corrected chi connectivity index (χ4v) is 3.14. The monoisotopic (exact) mass is 351 g/mol. The smallest absolute Gasteiger partial charge is 0.255 e. The zero-order valence-electron chi connectivity index (χ0n) is 14.2. The zero-order chi connectivity index (χ0) is 17.4. The minimum Gasteiger partial charge on any atom is -0.496 e. The highest BCUT2D eigenvalue weighted by Crippen LogP contribution is 2.17. The number of nitrogens with one attached hydrogen (secondary N) is 2. The van der Waals surface area contributed by atoms with Crippen LogP contribution in [0.25, 0.3) is 0 Å². The van der Waals surface area contributed by atoms with E-state index in [0.29, 0.717) is 30.8 Å². The van der Waals surface area contributed by atoms with Gasteiger partial charge in [0.15, 0.2) is 0 Å². The minimum atomic E-state index is -0.507. The first-order valence-electron chi connectivity index (χ1n) is 8.09. The average Bonchev–Trinajstić information content (AvgIpc) is 2.65. The zero-order valence-corrected chi connectivity index (χ0v) is 15.0. The van der Waals surface area contributed by atoms with E-state index < -0.39 is 6.04 Å². The largest absolute Gasteiger partial charge is 0.496 e. The average molecular weight is 351 g/mol. The van der Waals surface area contributed by atoms with E-state index in [1.54, 1.807) is 30.0 Å². The van der Waals surface area contributed by atoms with E-state index in [-0.39, 0.29) is 11.8 Å². The maximum Gasteiger partial charge on any atom is 0.255 e. The Balaban J connectivity index is 2.09. The van der Waals surface area contributed by atoms with Crippen LogP contribution in [-0.4, -0.2) is 68.1 Å². The lowest BCUT2D eigenvalue weighted by molar-refractivity contribution is -0.133. The van der Waals surface area contributed by atoms with Gasteiger partial charge in [-0.2, -0.15) is 11.8 Å². The molecule has 0 aliphatic carbocycles. The van der Waals surface area contributed by atoms with Crippen LogP contribution in [0.1, 0.15) is 16.8 Å².